The average Bonchev–Trinajstić information content (AvgIpc) is 2.38. The van der Waals surface area contributed by atoms with Gasteiger partial charge >= 0.3 is 0 Å². The molecule has 0 radical (unpaired) electrons. The summed E-state index contributed by atoms with van der Waals surface area (Å²) < 4.78 is 5.15. The average molecular weight is 270 g/mol. The molecule has 0 aliphatic rings. The van der Waals surface area contributed by atoms with Crippen LogP contribution in [0.15, 0.2) is 18.2 Å². The minimum atomic E-state index is -0.658. The van der Waals surface area contributed by atoms with Gasteiger partial charge in [-0.1, -0.05) is 25.1 Å². The van der Waals surface area contributed by atoms with E-state index in [1.54, 1.807) is 0 Å². The molecule has 100 valence electrons. The number of aryl methyl sites for hydroxylation is 2. The zero-order valence-electron chi connectivity index (χ0n) is 11.1. The van der Waals surface area contributed by atoms with Crippen LogP contribution in [-0.2, 0) is 16.0 Å². The van der Waals surface area contributed by atoms with Gasteiger partial charge in [-0.05, 0) is 31.4 Å². The molecule has 4 heteroatoms. The molecule has 0 heterocycles. The lowest BCUT2D eigenvalue weighted by atomic mass is 10.1. The van der Waals surface area contributed by atoms with Crippen LogP contribution in [-0.4, -0.2) is 24.5 Å². The van der Waals surface area contributed by atoms with Crippen molar-refractivity contribution in [1.29, 1.82) is 0 Å². The molecule has 0 saturated heterocycles. The number of carbonyl (C=O) groups is 1. The van der Waals surface area contributed by atoms with Crippen molar-refractivity contribution in [2.24, 2.45) is 0 Å². The van der Waals surface area contributed by atoms with E-state index in [1.165, 1.54) is 0 Å². The van der Waals surface area contributed by atoms with Crippen molar-refractivity contribution >= 4 is 23.2 Å². The Morgan fingerprint density at radius 2 is 2.17 bits per heavy atom. The fourth-order valence-electron chi connectivity index (χ4n) is 1.70. The van der Waals surface area contributed by atoms with Gasteiger partial charge in [-0.25, -0.2) is 0 Å². The number of nitrogens with one attached hydrogen (secondary N) is 1. The van der Waals surface area contributed by atoms with E-state index >= 15 is 0 Å². The van der Waals surface area contributed by atoms with Crippen LogP contribution in [0.3, 0.4) is 0 Å². The highest BCUT2D eigenvalue weighted by Gasteiger charge is 2.17. The molecule has 18 heavy (non-hydrogen) atoms. The number of anilines is 1. The van der Waals surface area contributed by atoms with Crippen LogP contribution in [0.5, 0.6) is 0 Å². The van der Waals surface area contributed by atoms with Gasteiger partial charge in [0.2, 0.25) is 5.91 Å². The number of benzene rings is 1. The maximum Gasteiger partial charge on any atom is 0.244 e. The van der Waals surface area contributed by atoms with Crippen LogP contribution in [0.4, 0.5) is 5.69 Å². The van der Waals surface area contributed by atoms with E-state index in [1.807, 2.05) is 32.0 Å². The van der Waals surface area contributed by atoms with Crippen LogP contribution < -0.4 is 5.32 Å². The van der Waals surface area contributed by atoms with Gasteiger partial charge in [-0.2, -0.15) is 0 Å². The predicted molar refractivity (Wildman–Crippen MR) is 75.3 cm³/mol. The van der Waals surface area contributed by atoms with Crippen LogP contribution in [0, 0.1) is 6.92 Å². The lowest BCUT2D eigenvalue weighted by Gasteiger charge is -2.15. The molecule has 0 aliphatic heterocycles. The van der Waals surface area contributed by atoms with E-state index in [9.17, 15) is 4.79 Å². The van der Waals surface area contributed by atoms with Gasteiger partial charge in [0.15, 0.2) is 0 Å². The lowest BCUT2D eigenvalue weighted by molar-refractivity contribution is -0.116. The van der Waals surface area contributed by atoms with Crippen molar-refractivity contribution in [2.75, 3.05) is 18.5 Å². The number of hydrogen-bond acceptors (Lipinski definition) is 2. The van der Waals surface area contributed by atoms with E-state index < -0.39 is 5.38 Å². The number of para-hydroxylation sites is 1. The molecule has 1 amide bonds. The first-order chi connectivity index (χ1) is 8.60. The van der Waals surface area contributed by atoms with Gasteiger partial charge in [0.1, 0.15) is 5.38 Å². The normalized spacial score (nSPS) is 12.2. The molecular weight excluding hydrogens is 250 g/mol. The van der Waals surface area contributed by atoms with Gasteiger partial charge in [0, 0.05) is 12.3 Å². The van der Waals surface area contributed by atoms with E-state index in [4.69, 9.17) is 16.3 Å². The fourth-order valence-corrected chi connectivity index (χ4v) is 1.84. The summed E-state index contributed by atoms with van der Waals surface area (Å²) in [6.07, 6.45) is 0.871. The largest absolute Gasteiger partial charge is 0.380 e. The summed E-state index contributed by atoms with van der Waals surface area (Å²) in [6, 6.07) is 5.97. The molecule has 0 spiro atoms. The summed E-state index contributed by atoms with van der Waals surface area (Å²) in [6.45, 7) is 6.69. The molecule has 1 rings (SSSR count). The quantitative estimate of drug-likeness (QED) is 0.806. The first kappa shape index (κ1) is 15.0. The van der Waals surface area contributed by atoms with Gasteiger partial charge in [0.05, 0.1) is 6.61 Å². The number of amides is 1. The van der Waals surface area contributed by atoms with Crippen LogP contribution in [0.25, 0.3) is 0 Å². The third-order valence-electron chi connectivity index (χ3n) is 2.74. The highest BCUT2D eigenvalue weighted by molar-refractivity contribution is 6.32. The summed E-state index contributed by atoms with van der Waals surface area (Å²) in [5.74, 6) is -0.214. The van der Waals surface area contributed by atoms with Gasteiger partial charge in [-0.3, -0.25) is 4.79 Å². The number of carbonyl (C=O) groups excluding carboxylic acids is 1. The van der Waals surface area contributed by atoms with E-state index in [-0.39, 0.29) is 12.5 Å². The topological polar surface area (TPSA) is 38.3 Å². The molecule has 1 aromatic carbocycles. The third-order valence-corrected chi connectivity index (χ3v) is 3.07. The molecule has 1 atom stereocenters. The maximum absolute atomic E-state index is 11.9. The van der Waals surface area contributed by atoms with Crippen LogP contribution in [0.1, 0.15) is 25.0 Å². The van der Waals surface area contributed by atoms with Gasteiger partial charge in [-0.15, -0.1) is 11.6 Å². The number of hydrogen-bond donors (Lipinski definition) is 1. The Bertz CT molecular complexity index is 407. The number of ether oxygens (including phenoxy) is 1. The summed E-state index contributed by atoms with van der Waals surface area (Å²) in [4.78, 5) is 11.9. The van der Waals surface area contributed by atoms with Crippen LogP contribution >= 0.6 is 11.6 Å². The zero-order chi connectivity index (χ0) is 13.5. The molecule has 0 bridgehead atoms. The first-order valence-electron chi connectivity index (χ1n) is 6.21. The Morgan fingerprint density at radius 1 is 1.44 bits per heavy atom. The highest BCUT2D eigenvalue weighted by Crippen LogP contribution is 2.21. The monoisotopic (exact) mass is 269 g/mol. The van der Waals surface area contributed by atoms with E-state index in [0.29, 0.717) is 6.61 Å². The maximum atomic E-state index is 11.9. The Kier molecular flexibility index (Phi) is 6.16. The Morgan fingerprint density at radius 3 is 2.78 bits per heavy atom. The second-order valence-electron chi connectivity index (χ2n) is 4.08. The first-order valence-corrected chi connectivity index (χ1v) is 6.64. The van der Waals surface area contributed by atoms with Gasteiger partial charge in [0.25, 0.3) is 0 Å². The molecule has 0 aliphatic carbocycles. The zero-order valence-corrected chi connectivity index (χ0v) is 11.9. The van der Waals surface area contributed by atoms with Crippen molar-refractivity contribution in [3.63, 3.8) is 0 Å². The van der Waals surface area contributed by atoms with Crippen molar-refractivity contribution in [1.82, 2.24) is 0 Å². The molecule has 0 saturated carbocycles. The lowest BCUT2D eigenvalue weighted by Crippen LogP contribution is -2.28. The van der Waals surface area contributed by atoms with Crippen molar-refractivity contribution in [3.05, 3.63) is 29.3 Å². The Labute approximate surface area is 113 Å². The number of alkyl halides is 1. The number of halogens is 1. The SMILES string of the molecule is CCOCC(Cl)C(=O)Nc1c(C)cccc1CC. The molecule has 1 unspecified atom stereocenters. The van der Waals surface area contributed by atoms with Gasteiger partial charge < -0.3 is 10.1 Å². The highest BCUT2D eigenvalue weighted by atomic mass is 35.5. The molecule has 1 N–H and O–H groups in total. The summed E-state index contributed by atoms with van der Waals surface area (Å²) in [5.41, 5.74) is 3.03. The smallest absolute Gasteiger partial charge is 0.244 e. The van der Waals surface area contributed by atoms with Crippen molar-refractivity contribution in [2.45, 2.75) is 32.6 Å². The Hall–Kier alpha value is -1.06. The molecule has 3 nitrogen and oxygen atoms in total. The number of rotatable bonds is 6. The Balaban J connectivity index is 2.75. The standard InChI is InChI=1S/C14H20ClNO2/c1-4-11-8-6-7-10(3)13(11)16-14(17)12(15)9-18-5-2/h6-8,12H,4-5,9H2,1-3H3,(H,16,17). The van der Waals surface area contributed by atoms with E-state index in [2.05, 4.69) is 12.2 Å². The molecular formula is C14H20ClNO2. The fraction of sp³-hybridized carbons (Fsp3) is 0.500. The minimum absolute atomic E-state index is 0.214. The molecule has 0 aromatic heterocycles. The molecule has 1 aromatic rings. The summed E-state index contributed by atoms with van der Waals surface area (Å²) in [7, 11) is 0. The van der Waals surface area contributed by atoms with Crippen LogP contribution in [0.2, 0.25) is 0 Å². The second kappa shape index (κ2) is 7.39. The predicted octanol–water partition coefficient (Wildman–Crippen LogP) is 3.14. The molecule has 0 fully saturated rings. The summed E-state index contributed by atoms with van der Waals surface area (Å²) in [5, 5.41) is 2.23. The minimum Gasteiger partial charge on any atom is -0.380 e. The van der Waals surface area contributed by atoms with Crippen molar-refractivity contribution in [3.8, 4) is 0 Å². The van der Waals surface area contributed by atoms with Crippen molar-refractivity contribution < 1.29 is 9.53 Å². The second-order valence-corrected chi connectivity index (χ2v) is 4.61. The summed E-state index contributed by atoms with van der Waals surface area (Å²) >= 11 is 5.97. The third kappa shape index (κ3) is 4.00. The van der Waals surface area contributed by atoms with E-state index in [0.717, 1.165) is 23.2 Å².